The topological polar surface area (TPSA) is 17.1 Å². The number of ketones is 1. The van der Waals surface area contributed by atoms with Crippen LogP contribution in [0, 0.1) is 5.41 Å². The monoisotopic (exact) mass is 140 g/mol. The number of rotatable bonds is 4. The SMILES string of the molecule is C=CC(=O)CC(C)(C)CC. The molecule has 1 nitrogen and oxygen atoms in total. The van der Waals surface area contributed by atoms with E-state index in [1.54, 1.807) is 0 Å². The van der Waals surface area contributed by atoms with Crippen LogP contribution < -0.4 is 0 Å². The first-order chi connectivity index (χ1) is 4.52. The van der Waals surface area contributed by atoms with Crippen molar-refractivity contribution >= 4 is 5.78 Å². The smallest absolute Gasteiger partial charge is 0.155 e. The first kappa shape index (κ1) is 9.41. The van der Waals surface area contributed by atoms with Gasteiger partial charge in [-0.05, 0) is 11.5 Å². The summed E-state index contributed by atoms with van der Waals surface area (Å²) in [4.78, 5) is 10.9. The molecule has 0 spiro atoms. The Labute approximate surface area is 63.1 Å². The van der Waals surface area contributed by atoms with E-state index in [0.29, 0.717) is 6.42 Å². The van der Waals surface area contributed by atoms with Crippen LogP contribution >= 0.6 is 0 Å². The summed E-state index contributed by atoms with van der Waals surface area (Å²) >= 11 is 0. The van der Waals surface area contributed by atoms with Gasteiger partial charge in [-0.3, -0.25) is 4.79 Å². The van der Waals surface area contributed by atoms with Crippen molar-refractivity contribution in [1.82, 2.24) is 0 Å². The number of hydrogen-bond donors (Lipinski definition) is 0. The van der Waals surface area contributed by atoms with E-state index in [0.717, 1.165) is 6.42 Å². The predicted molar refractivity (Wildman–Crippen MR) is 43.9 cm³/mol. The maximum atomic E-state index is 10.9. The molecule has 0 aliphatic carbocycles. The van der Waals surface area contributed by atoms with Crippen molar-refractivity contribution in [2.75, 3.05) is 0 Å². The third-order valence-electron chi connectivity index (χ3n) is 1.84. The lowest BCUT2D eigenvalue weighted by Crippen LogP contribution is -2.14. The first-order valence-corrected chi connectivity index (χ1v) is 3.67. The highest BCUT2D eigenvalue weighted by molar-refractivity contribution is 5.89. The molecule has 0 aromatic rings. The fourth-order valence-electron chi connectivity index (χ4n) is 0.669. The maximum Gasteiger partial charge on any atom is 0.155 e. The van der Waals surface area contributed by atoms with Crippen molar-refractivity contribution < 1.29 is 4.79 Å². The second-order valence-corrected chi connectivity index (χ2v) is 3.36. The molecule has 0 radical (unpaired) electrons. The van der Waals surface area contributed by atoms with Gasteiger partial charge in [-0.2, -0.15) is 0 Å². The highest BCUT2D eigenvalue weighted by Crippen LogP contribution is 2.24. The Hall–Kier alpha value is -0.590. The van der Waals surface area contributed by atoms with Crippen LogP contribution in [0.4, 0.5) is 0 Å². The Morgan fingerprint density at radius 1 is 1.60 bits per heavy atom. The van der Waals surface area contributed by atoms with Crippen LogP contribution in [0.3, 0.4) is 0 Å². The lowest BCUT2D eigenvalue weighted by molar-refractivity contribution is -0.116. The van der Waals surface area contributed by atoms with Gasteiger partial charge in [0.2, 0.25) is 0 Å². The van der Waals surface area contributed by atoms with E-state index in [4.69, 9.17) is 0 Å². The van der Waals surface area contributed by atoms with Crippen LogP contribution in [0.25, 0.3) is 0 Å². The highest BCUT2D eigenvalue weighted by atomic mass is 16.1. The summed E-state index contributed by atoms with van der Waals surface area (Å²) in [5, 5.41) is 0. The van der Waals surface area contributed by atoms with Crippen molar-refractivity contribution in [2.24, 2.45) is 5.41 Å². The summed E-state index contributed by atoms with van der Waals surface area (Å²) in [6.07, 6.45) is 3.05. The summed E-state index contributed by atoms with van der Waals surface area (Å²) in [7, 11) is 0. The van der Waals surface area contributed by atoms with Gasteiger partial charge < -0.3 is 0 Å². The molecular formula is C9H16O. The quantitative estimate of drug-likeness (QED) is 0.548. The molecule has 0 saturated heterocycles. The Balaban J connectivity index is 3.87. The van der Waals surface area contributed by atoms with Crippen LogP contribution in [0.1, 0.15) is 33.6 Å². The predicted octanol–water partition coefficient (Wildman–Crippen LogP) is 2.57. The van der Waals surface area contributed by atoms with Crippen molar-refractivity contribution in [1.29, 1.82) is 0 Å². The van der Waals surface area contributed by atoms with Crippen LogP contribution in [-0.2, 0) is 4.79 Å². The standard InChI is InChI=1S/C9H16O/c1-5-8(10)7-9(3,4)6-2/h5H,1,6-7H2,2-4H3. The molecule has 0 aromatic heterocycles. The normalized spacial score (nSPS) is 11.1. The molecular weight excluding hydrogens is 124 g/mol. The number of carbonyl (C=O) groups excluding carboxylic acids is 1. The molecule has 0 aliphatic heterocycles. The van der Waals surface area contributed by atoms with E-state index < -0.39 is 0 Å². The summed E-state index contributed by atoms with van der Waals surface area (Å²) in [6, 6.07) is 0. The molecule has 0 unspecified atom stereocenters. The summed E-state index contributed by atoms with van der Waals surface area (Å²) in [6.45, 7) is 9.71. The van der Waals surface area contributed by atoms with E-state index in [2.05, 4.69) is 27.4 Å². The Morgan fingerprint density at radius 2 is 2.10 bits per heavy atom. The molecule has 0 rings (SSSR count). The highest BCUT2D eigenvalue weighted by Gasteiger charge is 2.17. The summed E-state index contributed by atoms with van der Waals surface area (Å²) in [5.41, 5.74) is 0.144. The number of allylic oxidation sites excluding steroid dienone is 1. The molecule has 0 bridgehead atoms. The van der Waals surface area contributed by atoms with E-state index in [1.807, 2.05) is 0 Å². The summed E-state index contributed by atoms with van der Waals surface area (Å²) < 4.78 is 0. The minimum absolute atomic E-state index is 0.144. The van der Waals surface area contributed by atoms with Gasteiger partial charge >= 0.3 is 0 Å². The zero-order valence-corrected chi connectivity index (χ0v) is 7.11. The van der Waals surface area contributed by atoms with Gasteiger partial charge in [-0.25, -0.2) is 0 Å². The van der Waals surface area contributed by atoms with E-state index in [1.165, 1.54) is 6.08 Å². The molecule has 0 amide bonds. The number of hydrogen-bond acceptors (Lipinski definition) is 1. The first-order valence-electron chi connectivity index (χ1n) is 3.67. The van der Waals surface area contributed by atoms with Gasteiger partial charge in [0.25, 0.3) is 0 Å². The van der Waals surface area contributed by atoms with Crippen molar-refractivity contribution in [2.45, 2.75) is 33.6 Å². The molecule has 0 aliphatic rings. The molecule has 0 heterocycles. The zero-order chi connectivity index (χ0) is 8.20. The maximum absolute atomic E-state index is 10.9. The third kappa shape index (κ3) is 3.44. The average Bonchev–Trinajstić information content (AvgIpc) is 1.87. The molecule has 0 N–H and O–H groups in total. The van der Waals surface area contributed by atoms with E-state index in [9.17, 15) is 4.79 Å². The number of carbonyl (C=O) groups is 1. The summed E-state index contributed by atoms with van der Waals surface area (Å²) in [5.74, 6) is 0.145. The minimum atomic E-state index is 0.144. The molecule has 0 aromatic carbocycles. The van der Waals surface area contributed by atoms with Gasteiger partial charge in [0.15, 0.2) is 5.78 Å². The Bertz CT molecular complexity index is 134. The second kappa shape index (κ2) is 3.55. The molecule has 0 fully saturated rings. The second-order valence-electron chi connectivity index (χ2n) is 3.36. The van der Waals surface area contributed by atoms with Gasteiger partial charge in [-0.1, -0.05) is 33.8 Å². The Morgan fingerprint density at radius 3 is 2.40 bits per heavy atom. The third-order valence-corrected chi connectivity index (χ3v) is 1.84. The van der Waals surface area contributed by atoms with Crippen LogP contribution in [0.15, 0.2) is 12.7 Å². The van der Waals surface area contributed by atoms with Crippen molar-refractivity contribution in [3.05, 3.63) is 12.7 Å². The lowest BCUT2D eigenvalue weighted by atomic mass is 9.85. The van der Waals surface area contributed by atoms with Gasteiger partial charge in [0, 0.05) is 6.42 Å². The van der Waals surface area contributed by atoms with Gasteiger partial charge in [0.05, 0.1) is 0 Å². The molecule has 0 saturated carbocycles. The van der Waals surface area contributed by atoms with Crippen LogP contribution in [0.2, 0.25) is 0 Å². The zero-order valence-electron chi connectivity index (χ0n) is 7.11. The fraction of sp³-hybridized carbons (Fsp3) is 0.667. The fourth-order valence-corrected chi connectivity index (χ4v) is 0.669. The van der Waals surface area contributed by atoms with Crippen molar-refractivity contribution in [3.8, 4) is 0 Å². The largest absolute Gasteiger partial charge is 0.295 e. The van der Waals surface area contributed by atoms with Crippen LogP contribution in [0.5, 0.6) is 0 Å². The van der Waals surface area contributed by atoms with E-state index in [-0.39, 0.29) is 11.2 Å². The van der Waals surface area contributed by atoms with Gasteiger partial charge in [0.1, 0.15) is 0 Å². The Kier molecular flexibility index (Phi) is 3.34. The van der Waals surface area contributed by atoms with E-state index >= 15 is 0 Å². The minimum Gasteiger partial charge on any atom is -0.295 e. The molecule has 58 valence electrons. The molecule has 0 atom stereocenters. The molecule has 1 heteroatoms. The average molecular weight is 140 g/mol. The van der Waals surface area contributed by atoms with Gasteiger partial charge in [-0.15, -0.1) is 0 Å². The van der Waals surface area contributed by atoms with Crippen LogP contribution in [-0.4, -0.2) is 5.78 Å². The molecule has 10 heavy (non-hydrogen) atoms. The lowest BCUT2D eigenvalue weighted by Gasteiger charge is -2.19. The van der Waals surface area contributed by atoms with Crippen molar-refractivity contribution in [3.63, 3.8) is 0 Å².